The first kappa shape index (κ1) is 19.6. The second-order valence-corrected chi connectivity index (χ2v) is 6.76. The van der Waals surface area contributed by atoms with Crippen molar-refractivity contribution in [3.05, 3.63) is 52.3 Å². The zero-order valence-corrected chi connectivity index (χ0v) is 17.2. The highest BCUT2D eigenvalue weighted by Crippen LogP contribution is 2.30. The molecule has 28 heavy (non-hydrogen) atoms. The number of rotatable bonds is 3. The first-order valence-corrected chi connectivity index (χ1v) is 9.73. The van der Waals surface area contributed by atoms with Crippen LogP contribution in [-0.4, -0.2) is 25.6 Å². The number of anilines is 1. The van der Waals surface area contributed by atoms with Crippen molar-refractivity contribution in [1.82, 2.24) is 19.7 Å². The van der Waals surface area contributed by atoms with Gasteiger partial charge in [-0.25, -0.2) is 4.98 Å². The molecule has 0 saturated heterocycles. The molecule has 0 aliphatic carbocycles. The lowest BCUT2D eigenvalue weighted by Crippen LogP contribution is -2.12. The van der Waals surface area contributed by atoms with Crippen molar-refractivity contribution in [2.24, 2.45) is 0 Å². The van der Waals surface area contributed by atoms with E-state index >= 15 is 0 Å². The largest absolute Gasteiger partial charge is 0.356 e. The lowest BCUT2D eigenvalue weighted by atomic mass is 10.00. The van der Waals surface area contributed by atoms with Crippen molar-refractivity contribution < 1.29 is 10.7 Å². The van der Waals surface area contributed by atoms with Crippen LogP contribution in [0.4, 0.5) is 5.82 Å². The van der Waals surface area contributed by atoms with Gasteiger partial charge in [-0.1, -0.05) is 23.5 Å². The smallest absolute Gasteiger partial charge is 0.270 e. The third kappa shape index (κ3) is 3.77. The zero-order chi connectivity index (χ0) is 20.3. The third-order valence-corrected chi connectivity index (χ3v) is 5.00. The van der Waals surface area contributed by atoms with Crippen LogP contribution in [0.5, 0.6) is 0 Å². The molecule has 1 amide bonds. The molecule has 0 aliphatic heterocycles. The number of benzene rings is 1. The van der Waals surface area contributed by atoms with Crippen molar-refractivity contribution >= 4 is 34.2 Å². The SMILES string of the molecule is CC.Cc1cc2c(C)noc2cc1-c1ccc(NC(=O)c2snnc2C)nc1.[HH]. The normalized spacial score (nSPS) is 10.5. The first-order chi connectivity index (χ1) is 13.5. The molecule has 0 aliphatic rings. The average molecular weight is 398 g/mol. The molecular formula is C20H23N5O2S. The molecule has 0 fully saturated rings. The van der Waals surface area contributed by atoms with Gasteiger partial charge >= 0.3 is 0 Å². The molecule has 1 aromatic carbocycles. The maximum atomic E-state index is 12.2. The van der Waals surface area contributed by atoms with Crippen molar-refractivity contribution in [3.63, 3.8) is 0 Å². The van der Waals surface area contributed by atoms with Crippen molar-refractivity contribution in [2.45, 2.75) is 34.6 Å². The fraction of sp³-hybridized carbons (Fsp3) is 0.250. The Balaban J connectivity index is 0.000000970. The molecule has 7 nitrogen and oxygen atoms in total. The number of carbonyl (C=O) groups is 1. The molecule has 0 radical (unpaired) electrons. The number of pyridine rings is 1. The van der Waals surface area contributed by atoms with Crippen LogP contribution in [0.2, 0.25) is 0 Å². The number of hydrogen-bond donors (Lipinski definition) is 1. The highest BCUT2D eigenvalue weighted by atomic mass is 32.1. The van der Waals surface area contributed by atoms with E-state index in [0.29, 0.717) is 16.4 Å². The van der Waals surface area contributed by atoms with Crippen LogP contribution in [0.15, 0.2) is 35.0 Å². The number of nitrogens with zero attached hydrogens (tertiary/aromatic N) is 4. The second kappa shape index (κ2) is 8.26. The summed E-state index contributed by atoms with van der Waals surface area (Å²) in [6.07, 6.45) is 1.73. The lowest BCUT2D eigenvalue weighted by Gasteiger charge is -2.08. The lowest BCUT2D eigenvalue weighted by molar-refractivity contribution is 0.102. The van der Waals surface area contributed by atoms with E-state index in [4.69, 9.17) is 4.52 Å². The zero-order valence-electron chi connectivity index (χ0n) is 16.4. The van der Waals surface area contributed by atoms with Crippen LogP contribution in [0.3, 0.4) is 0 Å². The minimum Gasteiger partial charge on any atom is -0.356 e. The predicted molar refractivity (Wildman–Crippen MR) is 113 cm³/mol. The van der Waals surface area contributed by atoms with E-state index in [0.717, 1.165) is 44.9 Å². The van der Waals surface area contributed by atoms with E-state index in [2.05, 4.69) is 31.1 Å². The van der Waals surface area contributed by atoms with Crippen LogP contribution in [0, 0.1) is 20.8 Å². The summed E-state index contributed by atoms with van der Waals surface area (Å²) in [6.45, 7) is 9.71. The van der Waals surface area contributed by atoms with Gasteiger partial charge in [0.2, 0.25) is 0 Å². The summed E-state index contributed by atoms with van der Waals surface area (Å²) in [7, 11) is 0. The molecule has 0 unspecified atom stereocenters. The van der Waals surface area contributed by atoms with Crippen LogP contribution in [0.1, 0.15) is 41.9 Å². The Hall–Kier alpha value is -3.13. The van der Waals surface area contributed by atoms with Crippen LogP contribution in [-0.2, 0) is 0 Å². The molecule has 4 aromatic rings. The third-order valence-electron chi connectivity index (χ3n) is 4.17. The summed E-state index contributed by atoms with van der Waals surface area (Å²) in [5, 5.41) is 11.6. The average Bonchev–Trinajstić information content (AvgIpc) is 3.29. The summed E-state index contributed by atoms with van der Waals surface area (Å²) in [6, 6.07) is 7.71. The summed E-state index contributed by atoms with van der Waals surface area (Å²) in [4.78, 5) is 17.0. The van der Waals surface area contributed by atoms with E-state index in [-0.39, 0.29) is 7.33 Å². The Bertz CT molecular complexity index is 1120. The summed E-state index contributed by atoms with van der Waals surface area (Å²) >= 11 is 1.06. The minimum absolute atomic E-state index is 0. The Labute approximate surface area is 168 Å². The molecule has 0 atom stereocenters. The molecule has 3 aromatic heterocycles. The van der Waals surface area contributed by atoms with Crippen molar-refractivity contribution in [3.8, 4) is 11.1 Å². The summed E-state index contributed by atoms with van der Waals surface area (Å²) in [5.41, 5.74) is 5.28. The van der Waals surface area contributed by atoms with Gasteiger partial charge in [-0.15, -0.1) is 5.10 Å². The molecule has 3 heterocycles. The van der Waals surface area contributed by atoms with E-state index in [9.17, 15) is 4.79 Å². The molecule has 4 rings (SSSR count). The monoisotopic (exact) mass is 397 g/mol. The Morgan fingerprint density at radius 2 is 1.93 bits per heavy atom. The second-order valence-electron chi connectivity index (χ2n) is 6.00. The Morgan fingerprint density at radius 3 is 2.57 bits per heavy atom. The Kier molecular flexibility index (Phi) is 5.79. The number of nitrogens with one attached hydrogen (secondary N) is 1. The maximum Gasteiger partial charge on any atom is 0.270 e. The van der Waals surface area contributed by atoms with Gasteiger partial charge in [0.05, 0.1) is 11.4 Å². The van der Waals surface area contributed by atoms with Crippen LogP contribution >= 0.6 is 11.5 Å². The Morgan fingerprint density at radius 1 is 1.14 bits per heavy atom. The van der Waals surface area contributed by atoms with Gasteiger partial charge in [0.1, 0.15) is 10.7 Å². The topological polar surface area (TPSA) is 93.8 Å². The van der Waals surface area contributed by atoms with E-state index < -0.39 is 0 Å². The van der Waals surface area contributed by atoms with Gasteiger partial charge in [-0.3, -0.25) is 4.79 Å². The number of aromatic nitrogens is 4. The quantitative estimate of drug-likeness (QED) is 0.511. The number of aryl methyl sites for hydroxylation is 3. The molecule has 146 valence electrons. The van der Waals surface area contributed by atoms with Gasteiger partial charge in [0.25, 0.3) is 5.91 Å². The van der Waals surface area contributed by atoms with Gasteiger partial charge in [0.15, 0.2) is 5.58 Å². The summed E-state index contributed by atoms with van der Waals surface area (Å²) in [5.74, 6) is 0.216. The fourth-order valence-electron chi connectivity index (χ4n) is 2.76. The van der Waals surface area contributed by atoms with Crippen molar-refractivity contribution in [1.29, 1.82) is 0 Å². The number of amides is 1. The molecule has 0 saturated carbocycles. The number of fused-ring (bicyclic) bond motifs is 1. The van der Waals surface area contributed by atoms with E-state index in [1.807, 2.05) is 39.8 Å². The first-order valence-electron chi connectivity index (χ1n) is 8.96. The maximum absolute atomic E-state index is 12.2. The van der Waals surface area contributed by atoms with Gasteiger partial charge < -0.3 is 9.84 Å². The number of carbonyl (C=O) groups excluding carboxylic acids is 1. The standard InChI is InChI=1S/C18H15N5O2S.C2H6.H2/c1-9-6-14-10(2)22-25-15(14)7-13(9)12-4-5-16(19-8-12)20-18(24)17-11(3)21-23-26-17;1-2;/h4-8H,1-3H3,(H,19,20,24);1-2H3;1H. The predicted octanol–water partition coefficient (Wildman–Crippen LogP) is 5.19. The van der Waals surface area contributed by atoms with E-state index in [1.165, 1.54) is 0 Å². The van der Waals surface area contributed by atoms with Crippen LogP contribution in [0.25, 0.3) is 22.1 Å². The van der Waals surface area contributed by atoms with Crippen molar-refractivity contribution in [2.75, 3.05) is 5.32 Å². The molecule has 0 bridgehead atoms. The fourth-order valence-corrected chi connectivity index (χ4v) is 3.32. The highest BCUT2D eigenvalue weighted by molar-refractivity contribution is 7.08. The molecular weight excluding hydrogens is 374 g/mol. The van der Waals surface area contributed by atoms with Gasteiger partial charge in [0, 0.05) is 18.6 Å². The molecule has 1 N–H and O–H groups in total. The van der Waals surface area contributed by atoms with Gasteiger partial charge in [-0.05, 0) is 67.7 Å². The minimum atomic E-state index is -0.257. The summed E-state index contributed by atoms with van der Waals surface area (Å²) < 4.78 is 9.13. The molecule has 0 spiro atoms. The highest BCUT2D eigenvalue weighted by Gasteiger charge is 2.14. The number of hydrogen-bond acceptors (Lipinski definition) is 7. The van der Waals surface area contributed by atoms with E-state index in [1.54, 1.807) is 19.2 Å². The van der Waals surface area contributed by atoms with Crippen LogP contribution < -0.4 is 5.32 Å². The molecule has 8 heteroatoms. The van der Waals surface area contributed by atoms with Gasteiger partial charge in [-0.2, -0.15) is 0 Å².